The molecule has 8 heteroatoms. The Morgan fingerprint density at radius 2 is 1.45 bits per heavy atom. The average Bonchev–Trinajstić information content (AvgIpc) is 2.76. The van der Waals surface area contributed by atoms with Gasteiger partial charge < -0.3 is 21.1 Å². The molecule has 3 rings (SSSR count). The van der Waals surface area contributed by atoms with Crippen LogP contribution in [0.25, 0.3) is 0 Å². The van der Waals surface area contributed by atoms with E-state index >= 15 is 0 Å². The third kappa shape index (κ3) is 6.84. The number of thiocarbonyl (C=S) groups is 1. The number of hydrogen-bond donors (Lipinski definition) is 4. The summed E-state index contributed by atoms with van der Waals surface area (Å²) in [5, 5.41) is 18.2. The molecule has 0 spiro atoms. The summed E-state index contributed by atoms with van der Waals surface area (Å²) in [6.07, 6.45) is 0. The summed E-state index contributed by atoms with van der Waals surface area (Å²) in [5.41, 5.74) is 2.32. The van der Waals surface area contributed by atoms with Crippen LogP contribution in [0.4, 0.5) is 17.1 Å². The van der Waals surface area contributed by atoms with Crippen molar-refractivity contribution in [3.63, 3.8) is 0 Å². The van der Waals surface area contributed by atoms with Crippen LogP contribution in [0, 0.1) is 0 Å². The maximum atomic E-state index is 12.5. The highest BCUT2D eigenvalue weighted by Crippen LogP contribution is 2.26. The van der Waals surface area contributed by atoms with E-state index in [4.69, 9.17) is 17.3 Å². The molecule has 3 aromatic rings. The second kappa shape index (κ2) is 10.6. The number of anilines is 3. The van der Waals surface area contributed by atoms with Gasteiger partial charge in [-0.25, -0.2) is 4.79 Å². The number of nitrogens with one attached hydrogen (secondary N) is 3. The zero-order chi connectivity index (χ0) is 22.2. The number of benzene rings is 3. The van der Waals surface area contributed by atoms with Crippen molar-refractivity contribution in [3.05, 3.63) is 84.4 Å². The zero-order valence-electron chi connectivity index (χ0n) is 16.7. The lowest BCUT2D eigenvalue weighted by molar-refractivity contribution is -0.115. The van der Waals surface area contributed by atoms with Gasteiger partial charge in [0.05, 0.1) is 10.8 Å². The molecular formula is C23H21N3O3S2. The van der Waals surface area contributed by atoms with Crippen molar-refractivity contribution >= 4 is 58.0 Å². The molecule has 0 aliphatic carbocycles. The van der Waals surface area contributed by atoms with Gasteiger partial charge in [-0.15, -0.1) is 11.8 Å². The molecule has 0 bridgehead atoms. The summed E-state index contributed by atoms with van der Waals surface area (Å²) in [5.74, 6) is -1.24. The lowest BCUT2D eigenvalue weighted by Gasteiger charge is -2.13. The summed E-state index contributed by atoms with van der Waals surface area (Å²) in [7, 11) is 0. The molecule has 31 heavy (non-hydrogen) atoms. The van der Waals surface area contributed by atoms with Crippen molar-refractivity contribution in [2.45, 2.75) is 17.1 Å². The Morgan fingerprint density at radius 3 is 2.10 bits per heavy atom. The third-order valence-electron chi connectivity index (χ3n) is 4.20. The topological polar surface area (TPSA) is 90.5 Å². The first-order valence-corrected chi connectivity index (χ1v) is 10.7. The van der Waals surface area contributed by atoms with E-state index in [2.05, 4.69) is 16.0 Å². The largest absolute Gasteiger partial charge is 0.478 e. The van der Waals surface area contributed by atoms with Crippen LogP contribution in [0.3, 0.4) is 0 Å². The van der Waals surface area contributed by atoms with Crippen molar-refractivity contribution in [2.24, 2.45) is 0 Å². The number of hydrogen-bond acceptors (Lipinski definition) is 4. The van der Waals surface area contributed by atoms with Crippen molar-refractivity contribution in [1.29, 1.82) is 0 Å². The lowest BCUT2D eigenvalue weighted by atomic mass is 10.2. The number of amides is 1. The van der Waals surface area contributed by atoms with Crippen molar-refractivity contribution < 1.29 is 14.7 Å². The van der Waals surface area contributed by atoms with E-state index in [1.54, 1.807) is 19.1 Å². The number of carbonyl (C=O) groups excluding carboxylic acids is 1. The van der Waals surface area contributed by atoms with Gasteiger partial charge in [-0.1, -0.05) is 24.3 Å². The Hall–Kier alpha value is -3.36. The van der Waals surface area contributed by atoms with Crippen molar-refractivity contribution in [2.75, 3.05) is 16.0 Å². The number of carboxylic acid groups (broad SMARTS) is 1. The van der Waals surface area contributed by atoms with E-state index < -0.39 is 5.97 Å². The Balaban J connectivity index is 1.52. The van der Waals surface area contributed by atoms with Crippen LogP contribution in [0.2, 0.25) is 0 Å². The minimum Gasteiger partial charge on any atom is -0.478 e. The van der Waals surface area contributed by atoms with Gasteiger partial charge in [0.1, 0.15) is 0 Å². The first-order chi connectivity index (χ1) is 14.9. The third-order valence-corrected chi connectivity index (χ3v) is 5.52. The molecule has 6 nitrogen and oxygen atoms in total. The van der Waals surface area contributed by atoms with Gasteiger partial charge in [0.15, 0.2) is 5.11 Å². The smallest absolute Gasteiger partial charge is 0.335 e. The Kier molecular flexibility index (Phi) is 7.64. The lowest BCUT2D eigenvalue weighted by Crippen LogP contribution is -2.22. The highest BCUT2D eigenvalue weighted by atomic mass is 32.2. The van der Waals surface area contributed by atoms with Gasteiger partial charge in [-0.2, -0.15) is 0 Å². The van der Waals surface area contributed by atoms with E-state index in [9.17, 15) is 9.59 Å². The molecule has 0 aliphatic rings. The van der Waals surface area contributed by atoms with Crippen LogP contribution >= 0.6 is 24.0 Å². The molecule has 0 heterocycles. The number of carboxylic acids is 1. The molecule has 4 N–H and O–H groups in total. The minimum absolute atomic E-state index is 0.126. The number of carbonyl (C=O) groups is 2. The maximum absolute atomic E-state index is 12.5. The maximum Gasteiger partial charge on any atom is 0.335 e. The predicted molar refractivity (Wildman–Crippen MR) is 130 cm³/mol. The quantitative estimate of drug-likeness (QED) is 0.286. The molecule has 0 saturated carbocycles. The molecule has 1 unspecified atom stereocenters. The van der Waals surface area contributed by atoms with E-state index in [-0.39, 0.29) is 16.7 Å². The molecule has 1 amide bonds. The first-order valence-electron chi connectivity index (χ1n) is 9.45. The molecule has 1 atom stereocenters. The molecule has 158 valence electrons. The summed E-state index contributed by atoms with van der Waals surface area (Å²) < 4.78 is 0. The number of aromatic carboxylic acids is 1. The van der Waals surface area contributed by atoms with Crippen LogP contribution < -0.4 is 16.0 Å². The second-order valence-corrected chi connectivity index (χ2v) is 8.43. The summed E-state index contributed by atoms with van der Waals surface area (Å²) in [4.78, 5) is 24.5. The predicted octanol–water partition coefficient (Wildman–Crippen LogP) is 5.31. The standard InChI is InChI=1S/C23H21N3O3S2/c1-15(21(27)24-19-9-5-6-16(14-19)22(28)29)31-20-12-10-18(11-13-20)26-23(30)25-17-7-3-2-4-8-17/h2-15H,1H3,(H,24,27)(H,28,29)(H2,25,26,30). The Labute approximate surface area is 190 Å². The number of thioether (sulfide) groups is 1. The fourth-order valence-corrected chi connectivity index (χ4v) is 3.77. The summed E-state index contributed by atoms with van der Waals surface area (Å²) in [6, 6.07) is 23.4. The van der Waals surface area contributed by atoms with Crippen LogP contribution in [0.15, 0.2) is 83.8 Å². The monoisotopic (exact) mass is 451 g/mol. The van der Waals surface area contributed by atoms with Crippen LogP contribution in [0.1, 0.15) is 17.3 Å². The fourth-order valence-electron chi connectivity index (χ4n) is 2.66. The van der Waals surface area contributed by atoms with Gasteiger partial charge in [0.25, 0.3) is 0 Å². The van der Waals surface area contributed by atoms with Crippen LogP contribution in [-0.2, 0) is 4.79 Å². The minimum atomic E-state index is -1.04. The molecule has 3 aromatic carbocycles. The van der Waals surface area contributed by atoms with Crippen molar-refractivity contribution in [3.8, 4) is 0 Å². The first kappa shape index (κ1) is 22.3. The fraction of sp³-hybridized carbons (Fsp3) is 0.0870. The highest BCUT2D eigenvalue weighted by Gasteiger charge is 2.15. The SMILES string of the molecule is CC(Sc1ccc(NC(=S)Nc2ccccc2)cc1)C(=O)Nc1cccc(C(=O)O)c1. The van der Waals surface area contributed by atoms with Gasteiger partial charge in [-0.3, -0.25) is 4.79 Å². The van der Waals surface area contributed by atoms with E-state index in [0.29, 0.717) is 10.8 Å². The molecular weight excluding hydrogens is 430 g/mol. The van der Waals surface area contributed by atoms with Crippen LogP contribution in [0.5, 0.6) is 0 Å². The van der Waals surface area contributed by atoms with Gasteiger partial charge in [0.2, 0.25) is 5.91 Å². The van der Waals surface area contributed by atoms with Crippen molar-refractivity contribution in [1.82, 2.24) is 0 Å². The summed E-state index contributed by atoms with van der Waals surface area (Å²) >= 11 is 6.73. The molecule has 0 fully saturated rings. The van der Waals surface area contributed by atoms with Gasteiger partial charge in [-0.05, 0) is 73.7 Å². The highest BCUT2D eigenvalue weighted by molar-refractivity contribution is 8.00. The van der Waals surface area contributed by atoms with Gasteiger partial charge >= 0.3 is 5.97 Å². The van der Waals surface area contributed by atoms with E-state index in [0.717, 1.165) is 16.3 Å². The van der Waals surface area contributed by atoms with E-state index in [1.807, 2.05) is 54.6 Å². The normalized spacial score (nSPS) is 11.3. The number of para-hydroxylation sites is 1. The molecule has 0 saturated heterocycles. The Bertz CT molecular complexity index is 1070. The van der Waals surface area contributed by atoms with E-state index in [1.165, 1.54) is 23.9 Å². The Morgan fingerprint density at radius 1 is 0.839 bits per heavy atom. The number of rotatable bonds is 7. The average molecular weight is 452 g/mol. The summed E-state index contributed by atoms with van der Waals surface area (Å²) in [6.45, 7) is 1.80. The molecule has 0 radical (unpaired) electrons. The zero-order valence-corrected chi connectivity index (χ0v) is 18.3. The van der Waals surface area contributed by atoms with Gasteiger partial charge in [0, 0.05) is 22.0 Å². The molecule has 0 aliphatic heterocycles. The van der Waals surface area contributed by atoms with Crippen LogP contribution in [-0.4, -0.2) is 27.3 Å². The molecule has 0 aromatic heterocycles. The second-order valence-electron chi connectivity index (χ2n) is 6.60.